The zero-order valence-electron chi connectivity index (χ0n) is 12.7. The lowest BCUT2D eigenvalue weighted by molar-refractivity contribution is -0.159. The summed E-state index contributed by atoms with van der Waals surface area (Å²) < 4.78 is 13.7. The monoisotopic (exact) mass is 294 g/mol. The predicted molar refractivity (Wildman–Crippen MR) is 79.2 cm³/mol. The van der Waals surface area contributed by atoms with E-state index >= 15 is 0 Å². The number of benzene rings is 1. The summed E-state index contributed by atoms with van der Waals surface area (Å²) in [5.74, 6) is -0.609. The molecule has 116 valence electrons. The Labute approximate surface area is 125 Å². The lowest BCUT2D eigenvalue weighted by Crippen LogP contribution is -2.57. The van der Waals surface area contributed by atoms with Crippen molar-refractivity contribution in [1.29, 1.82) is 0 Å². The van der Waals surface area contributed by atoms with E-state index < -0.39 is 5.60 Å². The van der Waals surface area contributed by atoms with E-state index in [0.29, 0.717) is 25.1 Å². The van der Waals surface area contributed by atoms with E-state index in [1.54, 1.807) is 23.1 Å². The van der Waals surface area contributed by atoms with Gasteiger partial charge in [-0.1, -0.05) is 25.1 Å². The summed E-state index contributed by atoms with van der Waals surface area (Å²) in [6.07, 6.45) is 1.19. The number of likely N-dealkylation sites (tertiary alicyclic amines) is 1. The number of hydrogen-bond donors (Lipinski definition) is 1. The maximum absolute atomic E-state index is 13.7. The fourth-order valence-corrected chi connectivity index (χ4v) is 2.75. The Morgan fingerprint density at radius 3 is 2.81 bits per heavy atom. The topological polar surface area (TPSA) is 43.8 Å². The number of carbonyl (C=O) groups is 1. The van der Waals surface area contributed by atoms with Crippen molar-refractivity contribution in [3.8, 4) is 0 Å². The number of aliphatic hydroxyl groups is 1. The predicted octanol–water partition coefficient (Wildman–Crippen LogP) is 1.63. The van der Waals surface area contributed by atoms with Crippen molar-refractivity contribution in [2.75, 3.05) is 26.7 Å². The van der Waals surface area contributed by atoms with Crippen molar-refractivity contribution < 1.29 is 14.3 Å². The first kappa shape index (κ1) is 15.9. The normalized spacial score (nSPS) is 22.9. The van der Waals surface area contributed by atoms with E-state index in [9.17, 15) is 14.3 Å². The standard InChI is InChI=1S/C16H23FN2O2/c1-3-18(2)12-16(21)9-6-10-19(15(16)20)11-13-7-4-5-8-14(13)17/h4-5,7-8,21H,3,6,9-12H2,1-2H3/t16-/m1/s1. The maximum Gasteiger partial charge on any atom is 0.256 e. The smallest absolute Gasteiger partial charge is 0.256 e. The van der Waals surface area contributed by atoms with Gasteiger partial charge in [0.15, 0.2) is 5.60 Å². The first-order valence-corrected chi connectivity index (χ1v) is 7.40. The van der Waals surface area contributed by atoms with E-state index in [1.165, 1.54) is 6.07 Å². The highest BCUT2D eigenvalue weighted by Gasteiger charge is 2.42. The van der Waals surface area contributed by atoms with Crippen molar-refractivity contribution in [3.05, 3.63) is 35.6 Å². The molecule has 1 aliphatic rings. The fraction of sp³-hybridized carbons (Fsp3) is 0.562. The maximum atomic E-state index is 13.7. The van der Waals surface area contributed by atoms with Crippen LogP contribution in [-0.2, 0) is 11.3 Å². The van der Waals surface area contributed by atoms with Crippen LogP contribution in [0.4, 0.5) is 4.39 Å². The fourth-order valence-electron chi connectivity index (χ4n) is 2.75. The van der Waals surface area contributed by atoms with Gasteiger partial charge in [0, 0.05) is 25.2 Å². The number of hydrogen-bond acceptors (Lipinski definition) is 3. The average molecular weight is 294 g/mol. The second-order valence-electron chi connectivity index (χ2n) is 5.78. The van der Waals surface area contributed by atoms with Crippen molar-refractivity contribution in [3.63, 3.8) is 0 Å². The van der Waals surface area contributed by atoms with Gasteiger partial charge in [-0.2, -0.15) is 0 Å². The molecule has 0 unspecified atom stereocenters. The molecular weight excluding hydrogens is 271 g/mol. The molecule has 1 aromatic rings. The van der Waals surface area contributed by atoms with Gasteiger partial charge in [0.25, 0.3) is 5.91 Å². The molecule has 0 spiro atoms. The van der Waals surface area contributed by atoms with E-state index in [-0.39, 0.29) is 18.3 Å². The first-order chi connectivity index (χ1) is 9.96. The third-order valence-corrected chi connectivity index (χ3v) is 4.09. The van der Waals surface area contributed by atoms with E-state index in [4.69, 9.17) is 0 Å². The minimum atomic E-state index is -1.35. The summed E-state index contributed by atoms with van der Waals surface area (Å²) in [7, 11) is 1.88. The molecule has 1 atom stereocenters. The lowest BCUT2D eigenvalue weighted by atomic mass is 9.91. The number of piperidine rings is 1. The van der Waals surface area contributed by atoms with Gasteiger partial charge in [0.1, 0.15) is 5.82 Å². The molecule has 2 rings (SSSR count). The molecule has 1 aromatic carbocycles. The van der Waals surface area contributed by atoms with Crippen LogP contribution in [0.25, 0.3) is 0 Å². The number of rotatable bonds is 5. The minimum Gasteiger partial charge on any atom is -0.379 e. The van der Waals surface area contributed by atoms with Gasteiger partial charge in [0.2, 0.25) is 0 Å². The number of carbonyl (C=O) groups excluding carboxylic acids is 1. The molecule has 0 saturated carbocycles. The summed E-state index contributed by atoms with van der Waals surface area (Å²) in [6, 6.07) is 6.45. The van der Waals surface area contributed by atoms with Crippen LogP contribution in [0, 0.1) is 5.82 Å². The van der Waals surface area contributed by atoms with Gasteiger partial charge < -0.3 is 14.9 Å². The van der Waals surface area contributed by atoms with Gasteiger partial charge in [-0.25, -0.2) is 4.39 Å². The molecule has 1 amide bonds. The third-order valence-electron chi connectivity index (χ3n) is 4.09. The zero-order chi connectivity index (χ0) is 15.5. The Morgan fingerprint density at radius 1 is 1.43 bits per heavy atom. The van der Waals surface area contributed by atoms with Crippen molar-refractivity contribution >= 4 is 5.91 Å². The van der Waals surface area contributed by atoms with Crippen LogP contribution < -0.4 is 0 Å². The SMILES string of the molecule is CCN(C)C[C@]1(O)CCCN(Cc2ccccc2F)C1=O. The van der Waals surface area contributed by atoms with Crippen LogP contribution in [0.3, 0.4) is 0 Å². The molecule has 1 heterocycles. The molecule has 1 N–H and O–H groups in total. The largest absolute Gasteiger partial charge is 0.379 e. The van der Waals surface area contributed by atoms with Gasteiger partial charge in [0.05, 0.1) is 0 Å². The van der Waals surface area contributed by atoms with Crippen LogP contribution in [0.2, 0.25) is 0 Å². The molecule has 5 heteroatoms. The Balaban J connectivity index is 2.11. The summed E-state index contributed by atoms with van der Waals surface area (Å²) >= 11 is 0. The molecule has 1 saturated heterocycles. The number of likely N-dealkylation sites (N-methyl/N-ethyl adjacent to an activating group) is 1. The van der Waals surface area contributed by atoms with Crippen molar-refractivity contribution in [2.45, 2.75) is 31.9 Å². The van der Waals surface area contributed by atoms with E-state index in [2.05, 4.69) is 0 Å². The van der Waals surface area contributed by atoms with Crippen LogP contribution >= 0.6 is 0 Å². The molecule has 21 heavy (non-hydrogen) atoms. The molecule has 0 radical (unpaired) electrons. The molecule has 0 aliphatic carbocycles. The second-order valence-corrected chi connectivity index (χ2v) is 5.78. The Kier molecular flexibility index (Phi) is 4.96. The van der Waals surface area contributed by atoms with Crippen LogP contribution in [0.15, 0.2) is 24.3 Å². The summed E-state index contributed by atoms with van der Waals surface area (Å²) in [5.41, 5.74) is -0.868. The van der Waals surface area contributed by atoms with Crippen molar-refractivity contribution in [1.82, 2.24) is 9.80 Å². The van der Waals surface area contributed by atoms with Crippen LogP contribution in [-0.4, -0.2) is 53.1 Å². The van der Waals surface area contributed by atoms with Gasteiger partial charge in [-0.3, -0.25) is 4.79 Å². The molecule has 4 nitrogen and oxygen atoms in total. The highest BCUT2D eigenvalue weighted by molar-refractivity contribution is 5.86. The number of amides is 1. The Hall–Kier alpha value is -1.46. The van der Waals surface area contributed by atoms with Crippen molar-refractivity contribution in [2.24, 2.45) is 0 Å². The quantitative estimate of drug-likeness (QED) is 0.897. The zero-order valence-corrected chi connectivity index (χ0v) is 12.7. The van der Waals surface area contributed by atoms with Crippen LogP contribution in [0.1, 0.15) is 25.3 Å². The molecule has 0 aromatic heterocycles. The lowest BCUT2D eigenvalue weighted by Gasteiger charge is -2.40. The second kappa shape index (κ2) is 6.54. The Bertz CT molecular complexity index is 509. The average Bonchev–Trinajstić information content (AvgIpc) is 2.46. The van der Waals surface area contributed by atoms with Gasteiger partial charge >= 0.3 is 0 Å². The highest BCUT2D eigenvalue weighted by atomic mass is 19.1. The van der Waals surface area contributed by atoms with E-state index in [1.807, 2.05) is 18.9 Å². The van der Waals surface area contributed by atoms with Gasteiger partial charge in [-0.05, 0) is 32.5 Å². The number of halogens is 1. The first-order valence-electron chi connectivity index (χ1n) is 7.40. The molecular formula is C16H23FN2O2. The summed E-state index contributed by atoms with van der Waals surface area (Å²) in [4.78, 5) is 16.0. The summed E-state index contributed by atoms with van der Waals surface area (Å²) in [5, 5.41) is 10.6. The molecule has 1 fully saturated rings. The summed E-state index contributed by atoms with van der Waals surface area (Å²) in [6.45, 7) is 3.84. The van der Waals surface area contributed by atoms with Crippen LogP contribution in [0.5, 0.6) is 0 Å². The molecule has 1 aliphatic heterocycles. The Morgan fingerprint density at radius 2 is 2.14 bits per heavy atom. The third kappa shape index (κ3) is 3.60. The van der Waals surface area contributed by atoms with E-state index in [0.717, 1.165) is 13.0 Å². The minimum absolute atomic E-state index is 0.212. The molecule has 0 bridgehead atoms. The van der Waals surface area contributed by atoms with Gasteiger partial charge in [-0.15, -0.1) is 0 Å². The number of nitrogens with zero attached hydrogens (tertiary/aromatic N) is 2. The highest BCUT2D eigenvalue weighted by Crippen LogP contribution is 2.25.